The van der Waals surface area contributed by atoms with Gasteiger partial charge in [0.2, 0.25) is 0 Å². The maximum Gasteiger partial charge on any atom is 0.110 e. The van der Waals surface area contributed by atoms with Crippen LogP contribution in [0.4, 0.5) is 0 Å². The SMILES string of the molecule is C=C1C(=C(Cl)Cl)[C@@H]2C=C[C@H]1C2. The van der Waals surface area contributed by atoms with Gasteiger partial charge in [0.05, 0.1) is 0 Å². The van der Waals surface area contributed by atoms with Gasteiger partial charge >= 0.3 is 0 Å². The molecular weight excluding hydrogens is 179 g/mol. The molecule has 0 amide bonds. The Morgan fingerprint density at radius 2 is 2.00 bits per heavy atom. The molecule has 0 unspecified atom stereocenters. The number of hydrogen-bond acceptors (Lipinski definition) is 0. The van der Waals surface area contributed by atoms with E-state index >= 15 is 0 Å². The monoisotopic (exact) mass is 186 g/mol. The number of hydrogen-bond donors (Lipinski definition) is 0. The van der Waals surface area contributed by atoms with Crippen LogP contribution in [0.15, 0.2) is 34.4 Å². The molecule has 0 aliphatic heterocycles. The van der Waals surface area contributed by atoms with E-state index < -0.39 is 0 Å². The van der Waals surface area contributed by atoms with Crippen LogP contribution in [0.5, 0.6) is 0 Å². The standard InChI is InChI=1S/C9H8Cl2/c1-5-6-2-3-7(4-6)8(5)9(10)11/h2-3,6-7H,1,4H2/t6-,7+/m0/s1. The minimum absolute atomic E-state index is 0.395. The first-order chi connectivity index (χ1) is 5.20. The number of fused-ring (bicyclic) bond motifs is 2. The molecule has 58 valence electrons. The van der Waals surface area contributed by atoms with Gasteiger partial charge in [-0.15, -0.1) is 0 Å². The summed E-state index contributed by atoms with van der Waals surface area (Å²) in [5.74, 6) is 0.944. The molecule has 2 rings (SSSR count). The van der Waals surface area contributed by atoms with Crippen LogP contribution in [-0.4, -0.2) is 0 Å². The van der Waals surface area contributed by atoms with E-state index in [-0.39, 0.29) is 0 Å². The Morgan fingerprint density at radius 1 is 1.36 bits per heavy atom. The molecule has 0 nitrogen and oxygen atoms in total. The molecule has 0 aromatic carbocycles. The lowest BCUT2D eigenvalue weighted by Crippen LogP contribution is -1.95. The second-order valence-electron chi connectivity index (χ2n) is 3.03. The highest BCUT2D eigenvalue weighted by molar-refractivity contribution is 6.56. The summed E-state index contributed by atoms with van der Waals surface area (Å²) in [6, 6.07) is 0. The van der Waals surface area contributed by atoms with E-state index in [0.29, 0.717) is 16.3 Å². The Labute approximate surface area is 76.2 Å². The van der Waals surface area contributed by atoms with E-state index in [4.69, 9.17) is 23.2 Å². The number of halogens is 2. The lowest BCUT2D eigenvalue weighted by molar-refractivity contribution is 0.736. The molecule has 2 bridgehead atoms. The molecule has 0 radical (unpaired) electrons. The molecule has 0 aromatic rings. The molecule has 0 saturated heterocycles. The highest BCUT2D eigenvalue weighted by Gasteiger charge is 2.35. The number of rotatable bonds is 0. The first-order valence-corrected chi connectivity index (χ1v) is 4.38. The van der Waals surface area contributed by atoms with Crippen molar-refractivity contribution in [3.63, 3.8) is 0 Å². The van der Waals surface area contributed by atoms with Crippen LogP contribution in [0.3, 0.4) is 0 Å². The summed E-state index contributed by atoms with van der Waals surface area (Å²) < 4.78 is 0.395. The normalized spacial score (nSPS) is 33.6. The zero-order chi connectivity index (χ0) is 8.01. The summed E-state index contributed by atoms with van der Waals surface area (Å²) in [5.41, 5.74) is 2.17. The van der Waals surface area contributed by atoms with E-state index in [1.165, 1.54) is 0 Å². The van der Waals surface area contributed by atoms with Crippen molar-refractivity contribution >= 4 is 23.2 Å². The van der Waals surface area contributed by atoms with Crippen molar-refractivity contribution in [2.45, 2.75) is 6.42 Å². The fourth-order valence-corrected chi connectivity index (χ4v) is 2.39. The topological polar surface area (TPSA) is 0 Å². The first kappa shape index (κ1) is 7.45. The quantitative estimate of drug-likeness (QED) is 0.509. The maximum absolute atomic E-state index is 5.72. The highest BCUT2D eigenvalue weighted by Crippen LogP contribution is 2.48. The summed E-state index contributed by atoms with van der Waals surface area (Å²) in [4.78, 5) is 0. The Bertz CT molecular complexity index is 269. The third kappa shape index (κ3) is 0.969. The van der Waals surface area contributed by atoms with Gasteiger partial charge in [0, 0.05) is 11.8 Å². The minimum atomic E-state index is 0.395. The molecule has 0 spiro atoms. The second kappa shape index (κ2) is 2.40. The van der Waals surface area contributed by atoms with Crippen LogP contribution < -0.4 is 0 Å². The molecule has 1 fully saturated rings. The molecule has 2 aliphatic rings. The van der Waals surface area contributed by atoms with Gasteiger partial charge in [0.1, 0.15) is 4.49 Å². The van der Waals surface area contributed by atoms with Gasteiger partial charge in [-0.1, -0.05) is 41.9 Å². The van der Waals surface area contributed by atoms with Crippen molar-refractivity contribution in [2.75, 3.05) is 0 Å². The van der Waals surface area contributed by atoms with E-state index in [1.807, 2.05) is 0 Å². The van der Waals surface area contributed by atoms with Gasteiger partial charge in [-0.2, -0.15) is 0 Å². The molecule has 2 aliphatic carbocycles. The number of allylic oxidation sites excluding steroid dienone is 4. The predicted molar refractivity (Wildman–Crippen MR) is 48.6 cm³/mol. The van der Waals surface area contributed by atoms with Crippen molar-refractivity contribution in [1.82, 2.24) is 0 Å². The van der Waals surface area contributed by atoms with Gasteiger partial charge in [0.15, 0.2) is 0 Å². The lowest BCUT2D eigenvalue weighted by atomic mass is 9.98. The van der Waals surface area contributed by atoms with Gasteiger partial charge in [0.25, 0.3) is 0 Å². The Morgan fingerprint density at radius 3 is 2.36 bits per heavy atom. The van der Waals surface area contributed by atoms with Gasteiger partial charge in [-0.25, -0.2) is 0 Å². The van der Waals surface area contributed by atoms with Crippen LogP contribution in [0.25, 0.3) is 0 Å². The van der Waals surface area contributed by atoms with Crippen molar-refractivity contribution < 1.29 is 0 Å². The largest absolute Gasteiger partial charge is 0.110 e. The van der Waals surface area contributed by atoms with Crippen molar-refractivity contribution in [2.24, 2.45) is 11.8 Å². The Kier molecular flexibility index (Phi) is 1.62. The van der Waals surface area contributed by atoms with Gasteiger partial charge < -0.3 is 0 Å². The molecule has 2 heteroatoms. The highest BCUT2D eigenvalue weighted by atomic mass is 35.5. The molecule has 1 saturated carbocycles. The van der Waals surface area contributed by atoms with Crippen LogP contribution in [-0.2, 0) is 0 Å². The maximum atomic E-state index is 5.72. The predicted octanol–water partition coefficient (Wildman–Crippen LogP) is 3.44. The summed E-state index contributed by atoms with van der Waals surface area (Å²) in [5, 5.41) is 0. The van der Waals surface area contributed by atoms with Crippen LogP contribution >= 0.6 is 23.2 Å². The average molecular weight is 187 g/mol. The fraction of sp³-hybridized carbons (Fsp3) is 0.333. The third-order valence-electron chi connectivity index (χ3n) is 2.45. The summed E-state index contributed by atoms with van der Waals surface area (Å²) in [6.07, 6.45) is 5.48. The summed E-state index contributed by atoms with van der Waals surface area (Å²) in [6.45, 7) is 3.96. The molecule has 0 heterocycles. The zero-order valence-corrected chi connectivity index (χ0v) is 7.49. The van der Waals surface area contributed by atoms with Gasteiger partial charge in [-0.05, 0) is 17.6 Å². The van der Waals surface area contributed by atoms with E-state index in [2.05, 4.69) is 18.7 Å². The smallest absolute Gasteiger partial charge is 0.0948 e. The fourth-order valence-electron chi connectivity index (χ4n) is 1.87. The van der Waals surface area contributed by atoms with Crippen LogP contribution in [0.2, 0.25) is 0 Å². The zero-order valence-electron chi connectivity index (χ0n) is 5.98. The Balaban J connectivity index is 2.48. The summed E-state index contributed by atoms with van der Waals surface area (Å²) in [7, 11) is 0. The van der Waals surface area contributed by atoms with E-state index in [0.717, 1.165) is 17.6 Å². The minimum Gasteiger partial charge on any atom is -0.0948 e. The first-order valence-electron chi connectivity index (χ1n) is 3.63. The second-order valence-corrected chi connectivity index (χ2v) is 3.98. The molecular formula is C9H8Cl2. The third-order valence-corrected chi connectivity index (χ3v) is 2.86. The lowest BCUT2D eigenvalue weighted by Gasteiger charge is -2.10. The van der Waals surface area contributed by atoms with Crippen molar-refractivity contribution in [3.05, 3.63) is 34.4 Å². The Hall–Kier alpha value is -0.200. The van der Waals surface area contributed by atoms with Gasteiger partial charge in [-0.3, -0.25) is 0 Å². The summed E-state index contributed by atoms with van der Waals surface area (Å²) >= 11 is 11.4. The van der Waals surface area contributed by atoms with Crippen molar-refractivity contribution in [3.8, 4) is 0 Å². The van der Waals surface area contributed by atoms with Crippen molar-refractivity contribution in [1.29, 1.82) is 0 Å². The molecule has 2 atom stereocenters. The molecule has 0 aromatic heterocycles. The average Bonchev–Trinajstić information content (AvgIpc) is 2.44. The van der Waals surface area contributed by atoms with E-state index in [1.54, 1.807) is 0 Å². The van der Waals surface area contributed by atoms with Crippen LogP contribution in [0, 0.1) is 11.8 Å². The molecule has 0 N–H and O–H groups in total. The van der Waals surface area contributed by atoms with E-state index in [9.17, 15) is 0 Å². The molecule has 11 heavy (non-hydrogen) atoms. The van der Waals surface area contributed by atoms with Crippen LogP contribution in [0.1, 0.15) is 6.42 Å².